The number of nitrogens with zero attached hydrogens (tertiary/aromatic N) is 2. The third-order valence-electron chi connectivity index (χ3n) is 4.23. The lowest BCUT2D eigenvalue weighted by Crippen LogP contribution is -2.30. The molecule has 2 aromatic rings. The number of amides is 1. The van der Waals surface area contributed by atoms with Crippen molar-refractivity contribution in [2.24, 2.45) is 0 Å². The van der Waals surface area contributed by atoms with Gasteiger partial charge in [-0.3, -0.25) is 4.79 Å². The molecule has 2 aromatic carbocycles. The zero-order valence-corrected chi connectivity index (χ0v) is 14.1. The maximum absolute atomic E-state index is 12.2. The smallest absolute Gasteiger partial charge is 0.262 e. The van der Waals surface area contributed by atoms with Gasteiger partial charge in [-0.25, -0.2) is 0 Å². The maximum atomic E-state index is 12.2. The average molecular weight is 335 g/mol. The van der Waals surface area contributed by atoms with Crippen LogP contribution in [0.1, 0.15) is 24.8 Å². The van der Waals surface area contributed by atoms with Crippen LogP contribution in [0.2, 0.25) is 0 Å². The zero-order chi connectivity index (χ0) is 17.5. The van der Waals surface area contributed by atoms with Gasteiger partial charge in [-0.05, 0) is 55.7 Å². The van der Waals surface area contributed by atoms with Gasteiger partial charge >= 0.3 is 0 Å². The van der Waals surface area contributed by atoms with Gasteiger partial charge in [0, 0.05) is 13.1 Å². The molecule has 0 bridgehead atoms. The standard InChI is InChI=1S/C20H21N3O2/c21-14-16-8-10-17(11-9-16)25-15-20(24)22-18-6-2-3-7-19(18)23-12-4-1-5-13-23/h2-3,6-11H,1,4-5,12-13,15H2,(H,22,24). The topological polar surface area (TPSA) is 65.4 Å². The van der Waals surface area contributed by atoms with E-state index in [9.17, 15) is 4.79 Å². The molecule has 0 spiro atoms. The number of carbonyl (C=O) groups is 1. The highest BCUT2D eigenvalue weighted by Crippen LogP contribution is 2.28. The van der Waals surface area contributed by atoms with Crippen LogP contribution in [-0.4, -0.2) is 25.6 Å². The number of para-hydroxylation sites is 2. The minimum atomic E-state index is -0.200. The van der Waals surface area contributed by atoms with Crippen LogP contribution in [0.25, 0.3) is 0 Å². The van der Waals surface area contributed by atoms with Crippen molar-refractivity contribution in [3.05, 3.63) is 54.1 Å². The minimum Gasteiger partial charge on any atom is -0.484 e. The van der Waals surface area contributed by atoms with Crippen molar-refractivity contribution in [2.45, 2.75) is 19.3 Å². The SMILES string of the molecule is N#Cc1ccc(OCC(=O)Nc2ccccc2N2CCCCC2)cc1. The number of benzene rings is 2. The predicted octanol–water partition coefficient (Wildman–Crippen LogP) is 3.57. The van der Waals surface area contributed by atoms with Gasteiger partial charge in [0.15, 0.2) is 6.61 Å². The third-order valence-corrected chi connectivity index (χ3v) is 4.23. The number of nitrogens with one attached hydrogen (secondary N) is 1. The van der Waals surface area contributed by atoms with Crippen molar-refractivity contribution in [2.75, 3.05) is 29.9 Å². The van der Waals surface area contributed by atoms with E-state index in [1.165, 1.54) is 19.3 Å². The van der Waals surface area contributed by atoms with Crippen molar-refractivity contribution in [3.8, 4) is 11.8 Å². The van der Waals surface area contributed by atoms with Crippen molar-refractivity contribution >= 4 is 17.3 Å². The molecule has 1 heterocycles. The largest absolute Gasteiger partial charge is 0.484 e. The van der Waals surface area contributed by atoms with Gasteiger partial charge < -0.3 is 15.0 Å². The Bertz CT molecular complexity index is 759. The second-order valence-electron chi connectivity index (χ2n) is 6.04. The van der Waals surface area contributed by atoms with Crippen LogP contribution in [0.15, 0.2) is 48.5 Å². The number of piperidine rings is 1. The number of ether oxygens (including phenoxy) is 1. The van der Waals surface area contributed by atoms with Gasteiger partial charge in [-0.1, -0.05) is 12.1 Å². The van der Waals surface area contributed by atoms with Gasteiger partial charge in [0.1, 0.15) is 5.75 Å². The summed E-state index contributed by atoms with van der Waals surface area (Å²) in [6.45, 7) is 1.98. The number of anilines is 2. The lowest BCUT2D eigenvalue weighted by atomic mass is 10.1. The quantitative estimate of drug-likeness (QED) is 0.907. The van der Waals surface area contributed by atoms with Gasteiger partial charge in [0.05, 0.1) is 23.0 Å². The number of nitriles is 1. The third kappa shape index (κ3) is 4.51. The van der Waals surface area contributed by atoms with Gasteiger partial charge in [-0.2, -0.15) is 5.26 Å². The molecule has 5 heteroatoms. The fourth-order valence-corrected chi connectivity index (χ4v) is 2.95. The van der Waals surface area contributed by atoms with E-state index in [0.29, 0.717) is 11.3 Å². The highest BCUT2D eigenvalue weighted by Gasteiger charge is 2.15. The number of hydrogen-bond donors (Lipinski definition) is 1. The first-order chi connectivity index (χ1) is 12.3. The van der Waals surface area contributed by atoms with E-state index in [1.807, 2.05) is 30.3 Å². The minimum absolute atomic E-state index is 0.0692. The summed E-state index contributed by atoms with van der Waals surface area (Å²) in [5.74, 6) is 0.368. The van der Waals surface area contributed by atoms with E-state index in [4.69, 9.17) is 10.00 Å². The van der Waals surface area contributed by atoms with Crippen LogP contribution in [0.4, 0.5) is 11.4 Å². The Morgan fingerprint density at radius 1 is 1.08 bits per heavy atom. The molecule has 1 aliphatic rings. The van der Waals surface area contributed by atoms with E-state index in [-0.39, 0.29) is 12.5 Å². The number of carbonyl (C=O) groups excluding carboxylic acids is 1. The van der Waals surface area contributed by atoms with Gasteiger partial charge in [0.25, 0.3) is 5.91 Å². The molecule has 0 aliphatic carbocycles. The fourth-order valence-electron chi connectivity index (χ4n) is 2.95. The van der Waals surface area contributed by atoms with Crippen LogP contribution in [0.5, 0.6) is 5.75 Å². The maximum Gasteiger partial charge on any atom is 0.262 e. The highest BCUT2D eigenvalue weighted by atomic mass is 16.5. The Kier molecular flexibility index (Phi) is 5.53. The summed E-state index contributed by atoms with van der Waals surface area (Å²) in [6, 6.07) is 16.6. The molecule has 128 valence electrons. The van der Waals surface area contributed by atoms with Crippen molar-refractivity contribution in [1.29, 1.82) is 5.26 Å². The van der Waals surface area contributed by atoms with Crippen LogP contribution in [0, 0.1) is 11.3 Å². The van der Waals surface area contributed by atoms with Crippen LogP contribution in [0.3, 0.4) is 0 Å². The normalized spacial score (nSPS) is 13.8. The summed E-state index contributed by atoms with van der Waals surface area (Å²) in [4.78, 5) is 14.6. The van der Waals surface area contributed by atoms with Crippen molar-refractivity contribution in [3.63, 3.8) is 0 Å². The van der Waals surface area contributed by atoms with E-state index in [1.54, 1.807) is 24.3 Å². The summed E-state index contributed by atoms with van der Waals surface area (Å²) in [6.07, 6.45) is 3.64. The molecule has 0 unspecified atom stereocenters. The molecular weight excluding hydrogens is 314 g/mol. The van der Waals surface area contributed by atoms with Crippen LogP contribution in [-0.2, 0) is 4.79 Å². The molecule has 1 aliphatic heterocycles. The van der Waals surface area contributed by atoms with E-state index in [0.717, 1.165) is 24.5 Å². The van der Waals surface area contributed by atoms with Crippen LogP contribution < -0.4 is 15.0 Å². The second kappa shape index (κ2) is 8.20. The lowest BCUT2D eigenvalue weighted by molar-refractivity contribution is -0.118. The molecule has 3 rings (SSSR count). The van der Waals surface area contributed by atoms with Crippen molar-refractivity contribution < 1.29 is 9.53 Å². The molecule has 25 heavy (non-hydrogen) atoms. The van der Waals surface area contributed by atoms with E-state index >= 15 is 0 Å². The Morgan fingerprint density at radius 2 is 1.80 bits per heavy atom. The summed E-state index contributed by atoms with van der Waals surface area (Å²) in [5, 5.41) is 11.7. The summed E-state index contributed by atoms with van der Waals surface area (Å²) in [5.41, 5.74) is 2.44. The Morgan fingerprint density at radius 3 is 2.52 bits per heavy atom. The Balaban J connectivity index is 1.60. The first-order valence-electron chi connectivity index (χ1n) is 8.53. The fraction of sp³-hybridized carbons (Fsp3) is 0.300. The monoisotopic (exact) mass is 335 g/mol. The van der Waals surface area contributed by atoms with Crippen molar-refractivity contribution in [1.82, 2.24) is 0 Å². The Labute approximate surface area is 147 Å². The molecule has 0 aromatic heterocycles. The molecule has 0 saturated carbocycles. The highest BCUT2D eigenvalue weighted by molar-refractivity contribution is 5.95. The number of hydrogen-bond acceptors (Lipinski definition) is 4. The molecule has 1 fully saturated rings. The van der Waals surface area contributed by atoms with E-state index < -0.39 is 0 Å². The summed E-state index contributed by atoms with van der Waals surface area (Å²) < 4.78 is 5.49. The van der Waals surface area contributed by atoms with Crippen LogP contribution >= 0.6 is 0 Å². The van der Waals surface area contributed by atoms with Gasteiger partial charge in [0.2, 0.25) is 0 Å². The van der Waals surface area contributed by atoms with E-state index in [2.05, 4.69) is 10.2 Å². The summed E-state index contributed by atoms with van der Waals surface area (Å²) >= 11 is 0. The molecule has 0 radical (unpaired) electrons. The predicted molar refractivity (Wildman–Crippen MR) is 97.8 cm³/mol. The molecule has 1 N–H and O–H groups in total. The summed E-state index contributed by atoms with van der Waals surface area (Å²) in [7, 11) is 0. The molecular formula is C20H21N3O2. The zero-order valence-electron chi connectivity index (χ0n) is 14.1. The average Bonchev–Trinajstić information content (AvgIpc) is 2.68. The lowest BCUT2D eigenvalue weighted by Gasteiger charge is -2.30. The molecule has 5 nitrogen and oxygen atoms in total. The molecule has 1 amide bonds. The van der Waals surface area contributed by atoms with Gasteiger partial charge in [-0.15, -0.1) is 0 Å². The Hall–Kier alpha value is -3.00. The number of rotatable bonds is 5. The first kappa shape index (κ1) is 16.8. The first-order valence-corrected chi connectivity index (χ1v) is 8.53. The molecule has 1 saturated heterocycles. The second-order valence-corrected chi connectivity index (χ2v) is 6.04. The molecule has 0 atom stereocenters.